The van der Waals surface area contributed by atoms with Gasteiger partial charge in [-0.15, -0.1) is 0 Å². The van der Waals surface area contributed by atoms with Gasteiger partial charge < -0.3 is 35.0 Å². The van der Waals surface area contributed by atoms with Crippen molar-refractivity contribution in [1.29, 1.82) is 0 Å². The molecule has 0 aliphatic heterocycles. The van der Waals surface area contributed by atoms with Crippen molar-refractivity contribution in [1.82, 2.24) is 0 Å². The molecule has 0 heterocycles. The molecule has 2 N–H and O–H groups in total. The van der Waals surface area contributed by atoms with Crippen molar-refractivity contribution < 1.29 is 88.4 Å². The van der Waals surface area contributed by atoms with Crippen molar-refractivity contribution >= 4 is 28.4 Å². The molecular formula is C25H17NNa2O6. The number of ether oxygens (including phenoxy) is 2. The average molecular weight is 473 g/mol. The summed E-state index contributed by atoms with van der Waals surface area (Å²) in [6, 6.07) is 19.3. The summed E-state index contributed by atoms with van der Waals surface area (Å²) in [5.41, 5.74) is 5.81. The number of nitrogen functional groups attached to an aromatic ring is 1. The van der Waals surface area contributed by atoms with Crippen molar-refractivity contribution in [3.63, 3.8) is 0 Å². The van der Waals surface area contributed by atoms with Crippen LogP contribution in [-0.2, 0) is 0 Å². The van der Waals surface area contributed by atoms with Crippen molar-refractivity contribution in [2.45, 2.75) is 0 Å². The predicted molar refractivity (Wildman–Crippen MR) is 116 cm³/mol. The van der Waals surface area contributed by atoms with E-state index in [1.807, 2.05) is 6.07 Å². The number of carboxylic acids is 2. The van der Waals surface area contributed by atoms with Crippen LogP contribution in [0.5, 0.6) is 17.2 Å². The number of benzene rings is 4. The summed E-state index contributed by atoms with van der Waals surface area (Å²) in [5.74, 6) is -2.17. The van der Waals surface area contributed by atoms with Gasteiger partial charge in [-0.25, -0.2) is 0 Å². The Morgan fingerprint density at radius 3 is 2.00 bits per heavy atom. The van der Waals surface area contributed by atoms with Gasteiger partial charge in [-0.2, -0.15) is 0 Å². The van der Waals surface area contributed by atoms with Crippen LogP contribution in [0.1, 0.15) is 20.7 Å². The number of carbonyl (C=O) groups is 2. The predicted octanol–water partition coefficient (Wildman–Crippen LogP) is -3.38. The summed E-state index contributed by atoms with van der Waals surface area (Å²) in [6.07, 6.45) is 0. The molecule has 0 radical (unpaired) electrons. The first kappa shape index (κ1) is 27.7. The Kier molecular flexibility index (Phi) is 9.58. The molecule has 0 unspecified atom stereocenters. The van der Waals surface area contributed by atoms with Crippen LogP contribution in [0.25, 0.3) is 21.9 Å². The molecule has 34 heavy (non-hydrogen) atoms. The molecule has 0 bridgehead atoms. The van der Waals surface area contributed by atoms with Gasteiger partial charge in [0.1, 0.15) is 17.2 Å². The summed E-state index contributed by atoms with van der Waals surface area (Å²) in [7, 11) is 1.56. The van der Waals surface area contributed by atoms with Gasteiger partial charge in [0.15, 0.2) is 0 Å². The maximum absolute atomic E-state index is 12.1. The molecule has 0 spiro atoms. The number of fused-ring (bicyclic) bond motifs is 1. The molecule has 0 aliphatic rings. The molecule has 0 saturated carbocycles. The number of carboxylic acid groups (broad SMARTS) is 2. The van der Waals surface area contributed by atoms with E-state index in [-0.39, 0.29) is 76.0 Å². The monoisotopic (exact) mass is 473 g/mol. The number of rotatable bonds is 6. The number of anilines is 1. The van der Waals surface area contributed by atoms with E-state index in [9.17, 15) is 19.8 Å². The SMILES string of the molecule is COc1ccc2cc(-c3c(C(=O)[O-])ccc(Oc4ccc(N)cc4)c3C(=O)[O-])ccc2c1.[Na+].[Na+]. The summed E-state index contributed by atoms with van der Waals surface area (Å²) < 4.78 is 11.0. The Morgan fingerprint density at radius 2 is 1.38 bits per heavy atom. The molecule has 0 aliphatic carbocycles. The first-order valence-electron chi connectivity index (χ1n) is 9.58. The van der Waals surface area contributed by atoms with E-state index >= 15 is 0 Å². The minimum Gasteiger partial charge on any atom is -0.545 e. The fourth-order valence-electron chi connectivity index (χ4n) is 3.51. The molecule has 9 heteroatoms. The zero-order chi connectivity index (χ0) is 22.8. The second-order valence-electron chi connectivity index (χ2n) is 7.04. The van der Waals surface area contributed by atoms with E-state index in [0.717, 1.165) is 10.8 Å². The second-order valence-corrected chi connectivity index (χ2v) is 7.04. The van der Waals surface area contributed by atoms with Crippen molar-refractivity contribution in [2.75, 3.05) is 12.8 Å². The van der Waals surface area contributed by atoms with Gasteiger partial charge in [0.25, 0.3) is 0 Å². The van der Waals surface area contributed by atoms with E-state index in [2.05, 4.69) is 0 Å². The minimum absolute atomic E-state index is 0. The molecule has 0 saturated heterocycles. The molecule has 4 aromatic rings. The number of hydrogen-bond donors (Lipinski definition) is 1. The first-order valence-corrected chi connectivity index (χ1v) is 9.58. The Balaban J connectivity index is 0.00000204. The van der Waals surface area contributed by atoms with Gasteiger partial charge in [0, 0.05) is 22.4 Å². The van der Waals surface area contributed by atoms with Gasteiger partial charge in [0.2, 0.25) is 0 Å². The summed E-state index contributed by atoms with van der Waals surface area (Å²) in [6.45, 7) is 0. The Hall–Kier alpha value is -2.52. The molecule has 0 atom stereocenters. The molecule has 0 fully saturated rings. The third-order valence-electron chi connectivity index (χ3n) is 5.04. The van der Waals surface area contributed by atoms with Crippen molar-refractivity contribution in [3.05, 3.63) is 83.9 Å². The van der Waals surface area contributed by atoms with Gasteiger partial charge in [-0.3, -0.25) is 0 Å². The maximum atomic E-state index is 12.1. The van der Waals surface area contributed by atoms with Gasteiger partial charge >= 0.3 is 59.1 Å². The third-order valence-corrected chi connectivity index (χ3v) is 5.04. The van der Waals surface area contributed by atoms with Crippen LogP contribution < -0.4 is 84.5 Å². The van der Waals surface area contributed by atoms with E-state index in [4.69, 9.17) is 15.2 Å². The van der Waals surface area contributed by atoms with E-state index < -0.39 is 17.5 Å². The van der Waals surface area contributed by atoms with Crippen LogP contribution in [0.15, 0.2) is 72.8 Å². The van der Waals surface area contributed by atoms with Gasteiger partial charge in [0.05, 0.1) is 19.0 Å². The quantitative estimate of drug-likeness (QED) is 0.229. The van der Waals surface area contributed by atoms with Crippen LogP contribution in [-0.4, -0.2) is 19.0 Å². The van der Waals surface area contributed by atoms with Crippen molar-refractivity contribution in [2.24, 2.45) is 0 Å². The smallest absolute Gasteiger partial charge is 0.545 e. The number of methoxy groups -OCH3 is 1. The average Bonchev–Trinajstić information content (AvgIpc) is 2.79. The molecule has 7 nitrogen and oxygen atoms in total. The fourth-order valence-corrected chi connectivity index (χ4v) is 3.51. The van der Waals surface area contributed by atoms with E-state index in [1.165, 1.54) is 12.1 Å². The van der Waals surface area contributed by atoms with Gasteiger partial charge in [-0.05, 0) is 70.9 Å². The standard InChI is InChI=1S/C25H19NO6.2Na/c1-31-19-7-4-14-12-16(3-2-15(14)13-19)22-20(24(27)28)10-11-21(23(22)25(29)30)32-18-8-5-17(26)6-9-18;;/h2-13H,26H2,1H3,(H,27,28)(H,29,30);;/q;2*+1/p-2. The van der Waals surface area contributed by atoms with Gasteiger partial charge in [-0.1, -0.05) is 18.2 Å². The molecule has 160 valence electrons. The maximum Gasteiger partial charge on any atom is 1.00 e. The van der Waals surface area contributed by atoms with Crippen LogP contribution in [0.3, 0.4) is 0 Å². The molecule has 0 aromatic heterocycles. The number of hydrogen-bond acceptors (Lipinski definition) is 7. The molecular weight excluding hydrogens is 456 g/mol. The zero-order valence-corrected chi connectivity index (χ0v) is 23.0. The zero-order valence-electron chi connectivity index (χ0n) is 19.0. The molecule has 4 rings (SSSR count). The Bertz CT molecular complexity index is 1360. The van der Waals surface area contributed by atoms with E-state index in [0.29, 0.717) is 22.7 Å². The Labute approximate surface area is 240 Å². The van der Waals surface area contributed by atoms with Crippen LogP contribution in [0, 0.1) is 0 Å². The third kappa shape index (κ3) is 5.75. The summed E-state index contributed by atoms with van der Waals surface area (Å²) in [4.78, 5) is 24.0. The molecule has 0 amide bonds. The minimum atomic E-state index is -1.58. The summed E-state index contributed by atoms with van der Waals surface area (Å²) >= 11 is 0. The van der Waals surface area contributed by atoms with E-state index in [1.54, 1.807) is 61.7 Å². The fraction of sp³-hybridized carbons (Fsp3) is 0.0400. The number of aromatic carboxylic acids is 2. The van der Waals surface area contributed by atoms with Crippen molar-refractivity contribution in [3.8, 4) is 28.4 Å². The Morgan fingerprint density at radius 1 is 0.765 bits per heavy atom. The number of nitrogens with two attached hydrogens (primary N) is 1. The molecule has 4 aromatic carbocycles. The second kappa shape index (κ2) is 11.8. The normalized spacial score (nSPS) is 10.0. The van der Waals surface area contributed by atoms with Crippen LogP contribution in [0.4, 0.5) is 5.69 Å². The first-order chi connectivity index (χ1) is 15.4. The topological polar surface area (TPSA) is 125 Å². The largest absolute Gasteiger partial charge is 1.00 e. The van der Waals surface area contributed by atoms with Crippen LogP contribution in [0.2, 0.25) is 0 Å². The van der Waals surface area contributed by atoms with Crippen LogP contribution >= 0.6 is 0 Å². The number of carbonyl (C=O) groups excluding carboxylic acids is 2. The summed E-state index contributed by atoms with van der Waals surface area (Å²) in [5, 5.41) is 25.6.